The highest BCUT2D eigenvalue weighted by Gasteiger charge is 2.35. The fraction of sp³-hybridized carbons (Fsp3) is 1.00. The maximum atomic E-state index is 5.45. The first-order valence-electron chi connectivity index (χ1n) is 6.11. The molecule has 3 heteroatoms. The molecule has 0 aromatic carbocycles. The lowest BCUT2D eigenvalue weighted by atomic mass is 10.0. The highest BCUT2D eigenvalue weighted by molar-refractivity contribution is 4.94. The number of methoxy groups -OCH3 is 1. The van der Waals surface area contributed by atoms with Gasteiger partial charge in [0, 0.05) is 32.8 Å². The van der Waals surface area contributed by atoms with Crippen LogP contribution in [0.2, 0.25) is 0 Å². The van der Waals surface area contributed by atoms with Crippen LogP contribution in [0.15, 0.2) is 0 Å². The molecule has 2 aliphatic rings. The van der Waals surface area contributed by atoms with E-state index < -0.39 is 0 Å². The molecule has 0 unspecified atom stereocenters. The van der Waals surface area contributed by atoms with Crippen LogP contribution >= 0.6 is 0 Å². The van der Waals surface area contributed by atoms with Gasteiger partial charge in [-0.1, -0.05) is 0 Å². The van der Waals surface area contributed by atoms with Gasteiger partial charge in [0.15, 0.2) is 0 Å². The second kappa shape index (κ2) is 4.40. The Morgan fingerprint density at radius 1 is 1.40 bits per heavy atom. The summed E-state index contributed by atoms with van der Waals surface area (Å²) in [5.74, 6) is 0.913. The summed E-state index contributed by atoms with van der Waals surface area (Å²) < 4.78 is 5.45. The van der Waals surface area contributed by atoms with Crippen molar-refractivity contribution in [2.45, 2.75) is 38.3 Å². The minimum atomic E-state index is 0.0329. The Kier molecular flexibility index (Phi) is 3.33. The maximum absolute atomic E-state index is 5.45. The Morgan fingerprint density at radius 3 is 2.87 bits per heavy atom. The molecule has 2 aliphatic heterocycles. The number of hydrogen-bond donors (Lipinski definition) is 1. The van der Waals surface area contributed by atoms with Gasteiger partial charge in [-0.3, -0.25) is 0 Å². The largest absolute Gasteiger partial charge is 0.379 e. The monoisotopic (exact) mass is 212 g/mol. The molecule has 2 atom stereocenters. The smallest absolute Gasteiger partial charge is 0.0634 e. The third-order valence-corrected chi connectivity index (χ3v) is 4.02. The summed E-state index contributed by atoms with van der Waals surface area (Å²) in [6.45, 7) is 9.27. The molecule has 0 amide bonds. The fourth-order valence-electron chi connectivity index (χ4n) is 2.65. The second-order valence-corrected chi connectivity index (χ2v) is 5.58. The predicted octanol–water partition coefficient (Wildman–Crippen LogP) is 1.10. The number of nitrogens with zero attached hydrogens (tertiary/aromatic N) is 1. The topological polar surface area (TPSA) is 24.5 Å². The van der Waals surface area contributed by atoms with E-state index >= 15 is 0 Å². The van der Waals surface area contributed by atoms with Crippen molar-refractivity contribution in [2.24, 2.45) is 5.92 Å². The summed E-state index contributed by atoms with van der Waals surface area (Å²) in [5.41, 5.74) is 0.0329. The van der Waals surface area contributed by atoms with Crippen LogP contribution in [0.25, 0.3) is 0 Å². The van der Waals surface area contributed by atoms with E-state index in [1.807, 2.05) is 0 Å². The van der Waals surface area contributed by atoms with E-state index in [-0.39, 0.29) is 5.60 Å². The zero-order chi connectivity index (χ0) is 10.9. The molecular weight excluding hydrogens is 188 g/mol. The Morgan fingerprint density at radius 2 is 2.20 bits per heavy atom. The first kappa shape index (κ1) is 11.4. The Bertz CT molecular complexity index is 206. The van der Waals surface area contributed by atoms with Crippen molar-refractivity contribution < 1.29 is 4.74 Å². The molecule has 2 heterocycles. The molecule has 1 N–H and O–H groups in total. The Hall–Kier alpha value is -0.120. The van der Waals surface area contributed by atoms with Gasteiger partial charge in [0.1, 0.15) is 0 Å². The molecule has 15 heavy (non-hydrogen) atoms. The molecule has 0 aromatic rings. The number of hydrogen-bond acceptors (Lipinski definition) is 3. The molecule has 2 rings (SSSR count). The number of nitrogens with one attached hydrogen (secondary N) is 1. The lowest BCUT2D eigenvalue weighted by Crippen LogP contribution is -2.34. The van der Waals surface area contributed by atoms with Crippen LogP contribution in [-0.2, 0) is 4.74 Å². The van der Waals surface area contributed by atoms with Gasteiger partial charge in [0.2, 0.25) is 0 Å². The third kappa shape index (κ3) is 2.71. The van der Waals surface area contributed by atoms with Crippen LogP contribution < -0.4 is 5.32 Å². The first-order valence-corrected chi connectivity index (χ1v) is 6.11. The SMILES string of the molecule is COC(C)(C)CCN1C[C@@H]2CCN[C@@H]2C1. The maximum Gasteiger partial charge on any atom is 0.0634 e. The predicted molar refractivity (Wildman–Crippen MR) is 62.0 cm³/mol. The van der Waals surface area contributed by atoms with Gasteiger partial charge < -0.3 is 15.0 Å². The summed E-state index contributed by atoms with van der Waals surface area (Å²) in [4.78, 5) is 2.59. The zero-order valence-electron chi connectivity index (χ0n) is 10.3. The van der Waals surface area contributed by atoms with E-state index in [4.69, 9.17) is 4.74 Å². The Balaban J connectivity index is 1.73. The minimum absolute atomic E-state index is 0.0329. The van der Waals surface area contributed by atoms with Gasteiger partial charge in [-0.05, 0) is 39.2 Å². The molecule has 2 saturated heterocycles. The molecule has 0 spiro atoms. The molecule has 0 aromatic heterocycles. The molecule has 88 valence electrons. The molecular formula is C12H24N2O. The van der Waals surface area contributed by atoms with Crippen molar-refractivity contribution in [2.75, 3.05) is 33.3 Å². The Labute approximate surface area is 93.2 Å². The highest BCUT2D eigenvalue weighted by Crippen LogP contribution is 2.25. The second-order valence-electron chi connectivity index (χ2n) is 5.58. The van der Waals surface area contributed by atoms with Crippen molar-refractivity contribution in [3.05, 3.63) is 0 Å². The van der Waals surface area contributed by atoms with Crippen LogP contribution in [0, 0.1) is 5.92 Å². The number of ether oxygens (including phenoxy) is 1. The van der Waals surface area contributed by atoms with Crippen molar-refractivity contribution in [1.82, 2.24) is 10.2 Å². The molecule has 0 saturated carbocycles. The van der Waals surface area contributed by atoms with Crippen molar-refractivity contribution in [3.8, 4) is 0 Å². The number of fused-ring (bicyclic) bond motifs is 1. The van der Waals surface area contributed by atoms with Crippen LogP contribution in [0.4, 0.5) is 0 Å². The normalized spacial score (nSPS) is 32.2. The first-order chi connectivity index (χ1) is 7.11. The average molecular weight is 212 g/mol. The van der Waals surface area contributed by atoms with E-state index in [1.165, 1.54) is 32.6 Å². The van der Waals surface area contributed by atoms with E-state index in [1.54, 1.807) is 7.11 Å². The van der Waals surface area contributed by atoms with E-state index in [0.29, 0.717) is 0 Å². The summed E-state index contributed by atoms with van der Waals surface area (Å²) in [7, 11) is 1.81. The minimum Gasteiger partial charge on any atom is -0.379 e. The molecule has 0 bridgehead atoms. The van der Waals surface area contributed by atoms with Crippen molar-refractivity contribution in [1.29, 1.82) is 0 Å². The van der Waals surface area contributed by atoms with Gasteiger partial charge in [-0.25, -0.2) is 0 Å². The summed E-state index contributed by atoms with van der Waals surface area (Å²) in [6, 6.07) is 0.774. The summed E-state index contributed by atoms with van der Waals surface area (Å²) in [5, 5.41) is 3.59. The number of rotatable bonds is 4. The third-order valence-electron chi connectivity index (χ3n) is 4.02. The molecule has 0 aliphatic carbocycles. The summed E-state index contributed by atoms with van der Waals surface area (Å²) >= 11 is 0. The van der Waals surface area contributed by atoms with Crippen LogP contribution in [0.1, 0.15) is 26.7 Å². The van der Waals surface area contributed by atoms with E-state index in [9.17, 15) is 0 Å². The van der Waals surface area contributed by atoms with Crippen LogP contribution in [0.3, 0.4) is 0 Å². The van der Waals surface area contributed by atoms with Crippen LogP contribution in [-0.4, -0.2) is 49.8 Å². The molecule has 0 radical (unpaired) electrons. The quantitative estimate of drug-likeness (QED) is 0.755. The number of likely N-dealkylation sites (tertiary alicyclic amines) is 1. The van der Waals surface area contributed by atoms with Crippen molar-refractivity contribution >= 4 is 0 Å². The van der Waals surface area contributed by atoms with E-state index in [2.05, 4.69) is 24.1 Å². The van der Waals surface area contributed by atoms with Gasteiger partial charge in [-0.2, -0.15) is 0 Å². The van der Waals surface area contributed by atoms with Gasteiger partial charge in [0.25, 0.3) is 0 Å². The van der Waals surface area contributed by atoms with E-state index in [0.717, 1.165) is 18.4 Å². The lowest BCUT2D eigenvalue weighted by Gasteiger charge is -2.26. The zero-order valence-corrected chi connectivity index (χ0v) is 10.3. The molecule has 3 nitrogen and oxygen atoms in total. The molecule has 2 fully saturated rings. The van der Waals surface area contributed by atoms with Gasteiger partial charge in [-0.15, -0.1) is 0 Å². The fourth-order valence-corrected chi connectivity index (χ4v) is 2.65. The van der Waals surface area contributed by atoms with Crippen LogP contribution in [0.5, 0.6) is 0 Å². The lowest BCUT2D eigenvalue weighted by molar-refractivity contribution is 0.00860. The average Bonchev–Trinajstić information content (AvgIpc) is 2.74. The standard InChI is InChI=1S/C12H24N2O/c1-12(2,15-3)5-7-14-8-10-4-6-13-11(10)9-14/h10-11,13H,4-9H2,1-3H3/t10-,11+/m0/s1. The van der Waals surface area contributed by atoms with Crippen molar-refractivity contribution in [3.63, 3.8) is 0 Å². The van der Waals surface area contributed by atoms with Gasteiger partial charge in [0.05, 0.1) is 5.60 Å². The highest BCUT2D eigenvalue weighted by atomic mass is 16.5. The van der Waals surface area contributed by atoms with Gasteiger partial charge >= 0.3 is 0 Å². The summed E-state index contributed by atoms with van der Waals surface area (Å²) in [6.07, 6.45) is 2.50.